The standard InChI is InChI=1S/C22H25NO4/c1-22(2)12-18(17-6-4-5-7-20(17)27-22)23-21(24)14-8-9-19-15(10-14)11-16(25-3)13-26-19/h4-10,16,18H,11-13H2,1-3H3,(H,23,24). The quantitative estimate of drug-likeness (QED) is 0.899. The Labute approximate surface area is 159 Å². The monoisotopic (exact) mass is 367 g/mol. The number of hydrogen-bond donors (Lipinski definition) is 1. The van der Waals surface area contributed by atoms with Crippen LogP contribution in [-0.4, -0.2) is 31.3 Å². The minimum Gasteiger partial charge on any atom is -0.491 e. The highest BCUT2D eigenvalue weighted by atomic mass is 16.5. The Balaban J connectivity index is 1.56. The molecule has 2 heterocycles. The molecule has 0 aromatic heterocycles. The number of methoxy groups -OCH3 is 1. The van der Waals surface area contributed by atoms with Crippen LogP contribution in [0.2, 0.25) is 0 Å². The van der Waals surface area contributed by atoms with Crippen molar-refractivity contribution in [1.82, 2.24) is 5.32 Å². The first-order valence-electron chi connectivity index (χ1n) is 9.32. The molecule has 0 fully saturated rings. The number of para-hydroxylation sites is 1. The van der Waals surface area contributed by atoms with Crippen LogP contribution in [-0.2, 0) is 11.2 Å². The first-order chi connectivity index (χ1) is 12.9. The molecular formula is C22H25NO4. The second-order valence-corrected chi connectivity index (χ2v) is 7.83. The molecule has 2 aliphatic rings. The van der Waals surface area contributed by atoms with Gasteiger partial charge in [0.05, 0.1) is 12.1 Å². The molecule has 27 heavy (non-hydrogen) atoms. The van der Waals surface area contributed by atoms with E-state index in [1.807, 2.05) is 56.3 Å². The van der Waals surface area contributed by atoms with Crippen LogP contribution < -0.4 is 14.8 Å². The smallest absolute Gasteiger partial charge is 0.251 e. The van der Waals surface area contributed by atoms with Crippen LogP contribution in [0.25, 0.3) is 0 Å². The Morgan fingerprint density at radius 1 is 1.19 bits per heavy atom. The highest BCUT2D eigenvalue weighted by Crippen LogP contribution is 2.39. The summed E-state index contributed by atoms with van der Waals surface area (Å²) in [5.74, 6) is 1.58. The lowest BCUT2D eigenvalue weighted by atomic mass is 9.89. The van der Waals surface area contributed by atoms with E-state index in [9.17, 15) is 4.79 Å². The number of rotatable bonds is 3. The number of hydrogen-bond acceptors (Lipinski definition) is 4. The number of carbonyl (C=O) groups excluding carboxylic acids is 1. The summed E-state index contributed by atoms with van der Waals surface area (Å²) < 4.78 is 17.2. The van der Waals surface area contributed by atoms with E-state index >= 15 is 0 Å². The summed E-state index contributed by atoms with van der Waals surface area (Å²) in [4.78, 5) is 12.9. The van der Waals surface area contributed by atoms with Gasteiger partial charge in [-0.25, -0.2) is 0 Å². The zero-order chi connectivity index (χ0) is 19.0. The van der Waals surface area contributed by atoms with Crippen LogP contribution in [0.4, 0.5) is 0 Å². The van der Waals surface area contributed by atoms with E-state index in [0.717, 1.165) is 35.5 Å². The molecule has 2 aromatic carbocycles. The summed E-state index contributed by atoms with van der Waals surface area (Å²) in [5.41, 5.74) is 2.33. The van der Waals surface area contributed by atoms with Gasteiger partial charge in [-0.2, -0.15) is 0 Å². The van der Waals surface area contributed by atoms with E-state index in [-0.39, 0.29) is 23.7 Å². The molecule has 0 saturated carbocycles. The van der Waals surface area contributed by atoms with Crippen LogP contribution in [0.5, 0.6) is 11.5 Å². The predicted octanol–water partition coefficient (Wildman–Crippen LogP) is 3.67. The first-order valence-corrected chi connectivity index (χ1v) is 9.32. The van der Waals surface area contributed by atoms with Gasteiger partial charge in [0.2, 0.25) is 0 Å². The molecule has 5 heteroatoms. The SMILES string of the molecule is COC1COc2ccc(C(=O)NC3CC(C)(C)Oc4ccccc43)cc2C1. The topological polar surface area (TPSA) is 56.8 Å². The number of amides is 1. The second-order valence-electron chi connectivity index (χ2n) is 7.83. The molecule has 2 atom stereocenters. The lowest BCUT2D eigenvalue weighted by Crippen LogP contribution is -2.41. The van der Waals surface area contributed by atoms with Crippen molar-refractivity contribution in [1.29, 1.82) is 0 Å². The average Bonchev–Trinajstić information content (AvgIpc) is 2.66. The van der Waals surface area contributed by atoms with Crippen molar-refractivity contribution in [3.63, 3.8) is 0 Å². The van der Waals surface area contributed by atoms with Gasteiger partial charge in [-0.3, -0.25) is 4.79 Å². The van der Waals surface area contributed by atoms with Gasteiger partial charge in [0.15, 0.2) is 0 Å². The van der Waals surface area contributed by atoms with Crippen molar-refractivity contribution in [2.45, 2.75) is 44.4 Å². The zero-order valence-electron chi connectivity index (χ0n) is 16.0. The molecule has 2 aromatic rings. The minimum absolute atomic E-state index is 0.0268. The molecule has 1 N–H and O–H groups in total. The summed E-state index contributed by atoms with van der Waals surface area (Å²) in [6.45, 7) is 4.63. The first kappa shape index (κ1) is 17.9. The summed E-state index contributed by atoms with van der Waals surface area (Å²) in [6, 6.07) is 13.4. The molecular weight excluding hydrogens is 342 g/mol. The van der Waals surface area contributed by atoms with Crippen molar-refractivity contribution < 1.29 is 19.0 Å². The minimum atomic E-state index is -0.332. The average molecular weight is 367 g/mol. The van der Waals surface area contributed by atoms with Gasteiger partial charge in [0.1, 0.15) is 23.7 Å². The van der Waals surface area contributed by atoms with E-state index in [4.69, 9.17) is 14.2 Å². The number of nitrogens with one attached hydrogen (secondary N) is 1. The van der Waals surface area contributed by atoms with E-state index in [2.05, 4.69) is 5.32 Å². The third kappa shape index (κ3) is 3.65. The summed E-state index contributed by atoms with van der Waals surface area (Å²) in [6.07, 6.45) is 1.49. The van der Waals surface area contributed by atoms with E-state index in [1.54, 1.807) is 7.11 Å². The molecule has 0 radical (unpaired) electrons. The van der Waals surface area contributed by atoms with Gasteiger partial charge < -0.3 is 19.5 Å². The second kappa shape index (κ2) is 6.89. The third-order valence-corrected chi connectivity index (χ3v) is 5.21. The van der Waals surface area contributed by atoms with Gasteiger partial charge in [-0.1, -0.05) is 18.2 Å². The highest BCUT2D eigenvalue weighted by Gasteiger charge is 2.34. The molecule has 0 spiro atoms. The number of benzene rings is 2. The summed E-state index contributed by atoms with van der Waals surface area (Å²) >= 11 is 0. The molecule has 4 rings (SSSR count). The molecule has 5 nitrogen and oxygen atoms in total. The molecule has 0 bridgehead atoms. The maximum absolute atomic E-state index is 12.9. The van der Waals surface area contributed by atoms with Crippen molar-refractivity contribution in [3.8, 4) is 11.5 Å². The number of ether oxygens (including phenoxy) is 3. The largest absolute Gasteiger partial charge is 0.491 e. The third-order valence-electron chi connectivity index (χ3n) is 5.21. The van der Waals surface area contributed by atoms with Gasteiger partial charge in [-0.15, -0.1) is 0 Å². The number of carbonyl (C=O) groups is 1. The van der Waals surface area contributed by atoms with Crippen LogP contribution in [0, 0.1) is 0 Å². The van der Waals surface area contributed by atoms with E-state index < -0.39 is 0 Å². The Kier molecular flexibility index (Phi) is 4.56. The fourth-order valence-corrected chi connectivity index (χ4v) is 3.83. The molecule has 0 aliphatic carbocycles. The van der Waals surface area contributed by atoms with Crippen LogP contribution in [0.1, 0.15) is 47.8 Å². The lowest BCUT2D eigenvalue weighted by Gasteiger charge is -2.37. The maximum atomic E-state index is 12.9. The Morgan fingerprint density at radius 3 is 2.81 bits per heavy atom. The normalized spacial score (nSPS) is 22.6. The summed E-state index contributed by atoms with van der Waals surface area (Å²) in [7, 11) is 1.68. The van der Waals surface area contributed by atoms with Crippen molar-refractivity contribution in [3.05, 3.63) is 59.2 Å². The fourth-order valence-electron chi connectivity index (χ4n) is 3.83. The van der Waals surface area contributed by atoms with Crippen molar-refractivity contribution in [2.24, 2.45) is 0 Å². The van der Waals surface area contributed by atoms with Gasteiger partial charge >= 0.3 is 0 Å². The van der Waals surface area contributed by atoms with Crippen LogP contribution in [0.15, 0.2) is 42.5 Å². The van der Waals surface area contributed by atoms with Crippen LogP contribution in [0.3, 0.4) is 0 Å². The Morgan fingerprint density at radius 2 is 2.00 bits per heavy atom. The van der Waals surface area contributed by atoms with Gasteiger partial charge in [0, 0.05) is 31.1 Å². The number of fused-ring (bicyclic) bond motifs is 2. The highest BCUT2D eigenvalue weighted by molar-refractivity contribution is 5.95. The summed E-state index contributed by atoms with van der Waals surface area (Å²) in [5, 5.41) is 3.19. The van der Waals surface area contributed by atoms with Gasteiger partial charge in [-0.05, 0) is 43.7 Å². The van der Waals surface area contributed by atoms with Gasteiger partial charge in [0.25, 0.3) is 5.91 Å². The van der Waals surface area contributed by atoms with Crippen molar-refractivity contribution >= 4 is 5.91 Å². The maximum Gasteiger partial charge on any atom is 0.251 e. The zero-order valence-corrected chi connectivity index (χ0v) is 16.0. The van der Waals surface area contributed by atoms with Crippen molar-refractivity contribution in [2.75, 3.05) is 13.7 Å². The fraction of sp³-hybridized carbons (Fsp3) is 0.409. The lowest BCUT2D eigenvalue weighted by molar-refractivity contribution is 0.0466. The molecule has 142 valence electrons. The Hall–Kier alpha value is -2.53. The Bertz CT molecular complexity index is 861. The predicted molar refractivity (Wildman–Crippen MR) is 102 cm³/mol. The van der Waals surface area contributed by atoms with E-state index in [0.29, 0.717) is 12.2 Å². The molecule has 2 unspecified atom stereocenters. The molecule has 1 amide bonds. The molecule has 2 aliphatic heterocycles. The molecule has 0 saturated heterocycles. The van der Waals surface area contributed by atoms with E-state index in [1.165, 1.54) is 0 Å². The van der Waals surface area contributed by atoms with Crippen LogP contribution >= 0.6 is 0 Å².